The van der Waals surface area contributed by atoms with Gasteiger partial charge >= 0.3 is 0 Å². The Bertz CT molecular complexity index is 918. The topological polar surface area (TPSA) is 113 Å². The van der Waals surface area contributed by atoms with E-state index in [1.54, 1.807) is 13.8 Å². The number of sulfone groups is 1. The number of aryl methyl sites for hydroxylation is 1. The van der Waals surface area contributed by atoms with E-state index in [0.717, 1.165) is 44.1 Å². The highest BCUT2D eigenvalue weighted by molar-refractivity contribution is 7.91. The summed E-state index contributed by atoms with van der Waals surface area (Å²) in [5.74, 6) is -1.74. The first-order valence-electron chi connectivity index (χ1n) is 13.2. The number of aliphatic hydroxyl groups excluding tert-OH is 1. The lowest BCUT2D eigenvalue weighted by atomic mass is 9.92. The second-order valence-corrected chi connectivity index (χ2v) is 12.4. The van der Waals surface area contributed by atoms with E-state index in [-0.39, 0.29) is 29.7 Å². The molecule has 2 amide bonds. The Morgan fingerprint density at radius 3 is 2.66 bits per heavy atom. The summed E-state index contributed by atoms with van der Waals surface area (Å²) in [4.78, 5) is 25.4. The van der Waals surface area contributed by atoms with Gasteiger partial charge in [0.05, 0.1) is 23.7 Å². The lowest BCUT2D eigenvalue weighted by molar-refractivity contribution is -0.126. The van der Waals surface area contributed by atoms with Gasteiger partial charge in [0.2, 0.25) is 11.8 Å². The molecule has 0 saturated heterocycles. The number of hydrogen-bond acceptors (Lipinski definition) is 5. The largest absolute Gasteiger partial charge is 0.391 e. The molecular weight excluding hydrogens is 464 g/mol. The van der Waals surface area contributed by atoms with Crippen molar-refractivity contribution in [2.75, 3.05) is 18.1 Å². The van der Waals surface area contributed by atoms with Gasteiger partial charge in [0.15, 0.2) is 9.84 Å². The molecule has 0 aliphatic carbocycles. The van der Waals surface area contributed by atoms with Gasteiger partial charge in [-0.25, -0.2) is 8.42 Å². The summed E-state index contributed by atoms with van der Waals surface area (Å²) in [6, 6.07) is 7.55. The summed E-state index contributed by atoms with van der Waals surface area (Å²) in [6.07, 6.45) is 5.88. The second kappa shape index (κ2) is 14.6. The van der Waals surface area contributed by atoms with E-state index in [1.807, 2.05) is 12.1 Å². The molecule has 8 heteroatoms. The lowest BCUT2D eigenvalue weighted by Gasteiger charge is -2.28. The van der Waals surface area contributed by atoms with Crippen molar-refractivity contribution in [3.63, 3.8) is 0 Å². The molecule has 0 saturated carbocycles. The molecule has 2 rings (SSSR count). The van der Waals surface area contributed by atoms with E-state index in [4.69, 9.17) is 0 Å². The van der Waals surface area contributed by atoms with Crippen molar-refractivity contribution in [3.05, 3.63) is 35.4 Å². The molecule has 7 nitrogen and oxygen atoms in total. The highest BCUT2D eigenvalue weighted by Gasteiger charge is 2.29. The van der Waals surface area contributed by atoms with Crippen LogP contribution in [0.15, 0.2) is 24.3 Å². The van der Waals surface area contributed by atoms with E-state index in [1.165, 1.54) is 5.56 Å². The van der Waals surface area contributed by atoms with E-state index < -0.39 is 33.8 Å². The van der Waals surface area contributed by atoms with Crippen LogP contribution >= 0.6 is 0 Å². The van der Waals surface area contributed by atoms with Gasteiger partial charge in [0.25, 0.3) is 0 Å². The highest BCUT2D eigenvalue weighted by atomic mass is 32.2. The molecule has 0 radical (unpaired) electrons. The standard InChI is InChI=1S/C27H44N2O5S/c1-4-5-14-28-26(31)20(2)16-25(30)24-18-23-13-10-12-22(17-23)11-8-6-7-9-15-35(33,34)19-21(3)27(32)29-24/h10,12-13,17,20-21,24-25,30H,4-9,11,14-16,18-19H2,1-3H3,(H,28,31)(H,29,32)/t20-,21-,24+,25+/m1/s1. The van der Waals surface area contributed by atoms with Crippen LogP contribution in [0.4, 0.5) is 0 Å². The number of hydrogen-bond donors (Lipinski definition) is 3. The normalized spacial score (nSPS) is 23.6. The summed E-state index contributed by atoms with van der Waals surface area (Å²) in [6.45, 7) is 6.05. The van der Waals surface area contributed by atoms with E-state index >= 15 is 0 Å². The van der Waals surface area contributed by atoms with Gasteiger partial charge in [-0.05, 0) is 49.7 Å². The van der Waals surface area contributed by atoms with Gasteiger partial charge in [0, 0.05) is 18.4 Å². The number of amides is 2. The Morgan fingerprint density at radius 2 is 1.91 bits per heavy atom. The van der Waals surface area contributed by atoms with Crippen LogP contribution in [-0.2, 0) is 32.3 Å². The van der Waals surface area contributed by atoms with Crippen LogP contribution in [0.25, 0.3) is 0 Å². The molecule has 1 aromatic carbocycles. The van der Waals surface area contributed by atoms with Crippen LogP contribution in [0.1, 0.15) is 76.8 Å². The minimum Gasteiger partial charge on any atom is -0.391 e. The Hall–Kier alpha value is -1.93. The number of nitrogens with one attached hydrogen (secondary N) is 2. The van der Waals surface area contributed by atoms with Gasteiger partial charge in [0.1, 0.15) is 0 Å². The minimum absolute atomic E-state index is 0.0941. The molecule has 1 heterocycles. The van der Waals surface area contributed by atoms with E-state index in [9.17, 15) is 23.1 Å². The Kier molecular flexibility index (Phi) is 12.2. The number of carbonyl (C=O) groups is 2. The van der Waals surface area contributed by atoms with Crippen molar-refractivity contribution in [2.45, 2.75) is 90.7 Å². The molecule has 2 bridgehead atoms. The van der Waals surface area contributed by atoms with Crippen molar-refractivity contribution in [2.24, 2.45) is 11.8 Å². The molecule has 1 aliphatic heterocycles. The number of unbranched alkanes of at least 4 members (excludes halogenated alkanes) is 1. The van der Waals surface area contributed by atoms with Crippen LogP contribution in [0.3, 0.4) is 0 Å². The van der Waals surface area contributed by atoms with Gasteiger partial charge in [-0.15, -0.1) is 0 Å². The first kappa shape index (κ1) is 29.3. The monoisotopic (exact) mass is 508 g/mol. The van der Waals surface area contributed by atoms with Crippen molar-refractivity contribution in [1.82, 2.24) is 10.6 Å². The summed E-state index contributed by atoms with van der Waals surface area (Å²) < 4.78 is 25.0. The average Bonchev–Trinajstić information content (AvgIpc) is 2.80. The van der Waals surface area contributed by atoms with Crippen LogP contribution in [0.2, 0.25) is 0 Å². The summed E-state index contributed by atoms with van der Waals surface area (Å²) >= 11 is 0. The molecule has 0 fully saturated rings. The third-order valence-corrected chi connectivity index (χ3v) is 8.65. The number of benzene rings is 1. The molecule has 0 spiro atoms. The lowest BCUT2D eigenvalue weighted by Crippen LogP contribution is -2.48. The van der Waals surface area contributed by atoms with Gasteiger partial charge in [-0.2, -0.15) is 0 Å². The number of carbonyl (C=O) groups excluding carboxylic acids is 2. The number of rotatable bonds is 7. The zero-order chi connectivity index (χ0) is 25.8. The maximum atomic E-state index is 13.0. The first-order chi connectivity index (χ1) is 16.6. The molecule has 3 N–H and O–H groups in total. The maximum Gasteiger partial charge on any atom is 0.224 e. The minimum atomic E-state index is -3.33. The Morgan fingerprint density at radius 1 is 1.20 bits per heavy atom. The predicted molar refractivity (Wildman–Crippen MR) is 140 cm³/mol. The molecule has 4 atom stereocenters. The zero-order valence-corrected chi connectivity index (χ0v) is 22.4. The van der Waals surface area contributed by atoms with Gasteiger partial charge in [-0.3, -0.25) is 9.59 Å². The molecule has 0 aromatic heterocycles. The molecule has 0 unspecified atom stereocenters. The van der Waals surface area contributed by atoms with Crippen LogP contribution in [0.5, 0.6) is 0 Å². The zero-order valence-electron chi connectivity index (χ0n) is 21.6. The maximum absolute atomic E-state index is 13.0. The van der Waals surface area contributed by atoms with Gasteiger partial charge < -0.3 is 15.7 Å². The molecule has 35 heavy (non-hydrogen) atoms. The molecular formula is C27H44N2O5S. The molecule has 198 valence electrons. The fourth-order valence-electron chi connectivity index (χ4n) is 4.52. The third-order valence-electron chi connectivity index (χ3n) is 6.73. The second-order valence-electron chi connectivity index (χ2n) is 10.2. The number of fused-ring (bicyclic) bond motifs is 2. The van der Waals surface area contributed by atoms with Crippen LogP contribution in [-0.4, -0.2) is 55.5 Å². The van der Waals surface area contributed by atoms with Crippen LogP contribution < -0.4 is 10.6 Å². The van der Waals surface area contributed by atoms with Crippen molar-refractivity contribution >= 4 is 21.7 Å². The highest BCUT2D eigenvalue weighted by Crippen LogP contribution is 2.18. The van der Waals surface area contributed by atoms with E-state index in [0.29, 0.717) is 19.4 Å². The quantitative estimate of drug-likeness (QED) is 0.490. The fourth-order valence-corrected chi connectivity index (χ4v) is 6.24. The van der Waals surface area contributed by atoms with E-state index in [2.05, 4.69) is 29.7 Å². The first-order valence-corrected chi connectivity index (χ1v) is 15.0. The van der Waals surface area contributed by atoms with Crippen molar-refractivity contribution in [3.8, 4) is 0 Å². The van der Waals surface area contributed by atoms with Crippen LogP contribution in [0, 0.1) is 11.8 Å². The average molecular weight is 509 g/mol. The SMILES string of the molecule is CCCCNC(=O)[C@H](C)C[C@H](O)[C@@H]1Cc2cccc(c2)CCCCCCS(=O)(=O)C[C@@H](C)C(=O)N1. The molecule has 1 aliphatic rings. The summed E-state index contributed by atoms with van der Waals surface area (Å²) in [5, 5.41) is 16.9. The molecule has 1 aromatic rings. The Balaban J connectivity index is 2.20. The smallest absolute Gasteiger partial charge is 0.224 e. The Labute approximate surface area is 211 Å². The summed E-state index contributed by atoms with van der Waals surface area (Å²) in [5.41, 5.74) is 2.19. The van der Waals surface area contributed by atoms with Crippen molar-refractivity contribution < 1.29 is 23.1 Å². The van der Waals surface area contributed by atoms with Gasteiger partial charge in [-0.1, -0.05) is 64.3 Å². The summed E-state index contributed by atoms with van der Waals surface area (Å²) in [7, 11) is -3.33. The predicted octanol–water partition coefficient (Wildman–Crippen LogP) is 3.18. The number of aliphatic hydroxyl groups is 1. The third kappa shape index (κ3) is 10.7. The fraction of sp³-hybridized carbons (Fsp3) is 0.704. The van der Waals surface area contributed by atoms with Crippen molar-refractivity contribution in [1.29, 1.82) is 0 Å².